The van der Waals surface area contributed by atoms with E-state index in [9.17, 15) is 19.7 Å². The number of carbonyl (C=O) groups is 2. The summed E-state index contributed by atoms with van der Waals surface area (Å²) >= 11 is 0. The molecule has 2 amide bonds. The molecule has 0 spiro atoms. The molecule has 0 unspecified atom stereocenters. The Morgan fingerprint density at radius 3 is 2.44 bits per heavy atom. The second kappa shape index (κ2) is 9.28. The highest BCUT2D eigenvalue weighted by molar-refractivity contribution is 6.05. The number of carbonyl (C=O) groups excluding carboxylic acids is 2. The van der Waals surface area contributed by atoms with Gasteiger partial charge < -0.3 is 10.6 Å². The molecular weight excluding hydrogens is 346 g/mol. The fourth-order valence-electron chi connectivity index (χ4n) is 2.23. The number of non-ortho nitro benzene ring substituents is 1. The molecule has 0 saturated heterocycles. The third-order valence-electron chi connectivity index (χ3n) is 3.59. The normalized spacial score (nSPS) is 11.1. The Kier molecular flexibility index (Phi) is 6.82. The molecule has 140 valence electrons. The van der Waals surface area contributed by atoms with E-state index < -0.39 is 16.7 Å². The molecule has 0 atom stereocenters. The zero-order valence-corrected chi connectivity index (χ0v) is 15.1. The van der Waals surface area contributed by atoms with Gasteiger partial charge in [-0.25, -0.2) is 0 Å². The van der Waals surface area contributed by atoms with Gasteiger partial charge in [0.25, 0.3) is 17.5 Å². The Bertz CT molecular complexity index is 861. The van der Waals surface area contributed by atoms with Crippen molar-refractivity contribution in [2.24, 2.45) is 5.92 Å². The number of nitro benzene ring substituents is 1. The maximum absolute atomic E-state index is 12.5. The summed E-state index contributed by atoms with van der Waals surface area (Å²) in [5.74, 6) is -0.663. The first-order valence-corrected chi connectivity index (χ1v) is 8.47. The molecule has 2 rings (SSSR count). The van der Waals surface area contributed by atoms with Crippen LogP contribution in [0.4, 0.5) is 5.69 Å². The summed E-state index contributed by atoms with van der Waals surface area (Å²) in [5, 5.41) is 16.3. The summed E-state index contributed by atoms with van der Waals surface area (Å²) in [6.45, 7) is 4.34. The van der Waals surface area contributed by atoms with Crippen molar-refractivity contribution in [3.63, 3.8) is 0 Å². The standard InChI is InChI=1S/C20H21N3O4/c1-14(2)13-21-20(25)18(22-19(24)16-8-4-3-5-9-16)12-15-7-6-10-17(11-15)23(26)27/h3-12,14H,13H2,1-2H3,(H,21,25)(H,22,24)/b18-12-. The molecule has 7 nitrogen and oxygen atoms in total. The van der Waals surface area contributed by atoms with Gasteiger partial charge in [0.1, 0.15) is 5.70 Å². The monoisotopic (exact) mass is 367 g/mol. The van der Waals surface area contributed by atoms with Gasteiger partial charge in [-0.1, -0.05) is 44.2 Å². The summed E-state index contributed by atoms with van der Waals surface area (Å²) in [7, 11) is 0. The Balaban J connectivity index is 2.31. The van der Waals surface area contributed by atoms with Gasteiger partial charge in [0.2, 0.25) is 0 Å². The number of nitrogens with zero attached hydrogens (tertiary/aromatic N) is 1. The maximum atomic E-state index is 12.5. The van der Waals surface area contributed by atoms with Crippen molar-refractivity contribution < 1.29 is 14.5 Å². The van der Waals surface area contributed by atoms with E-state index in [1.807, 2.05) is 13.8 Å². The molecule has 0 bridgehead atoms. The molecule has 7 heteroatoms. The lowest BCUT2D eigenvalue weighted by Crippen LogP contribution is -2.36. The van der Waals surface area contributed by atoms with Gasteiger partial charge >= 0.3 is 0 Å². The van der Waals surface area contributed by atoms with Gasteiger partial charge in [-0.05, 0) is 29.7 Å². The number of nitro groups is 1. The highest BCUT2D eigenvalue weighted by Crippen LogP contribution is 2.15. The SMILES string of the molecule is CC(C)CNC(=O)/C(=C/c1cccc([N+](=O)[O-])c1)NC(=O)c1ccccc1. The Morgan fingerprint density at radius 2 is 1.81 bits per heavy atom. The first kappa shape index (κ1) is 19.8. The van der Waals surface area contributed by atoms with Crippen LogP contribution in [-0.2, 0) is 4.79 Å². The molecule has 0 fully saturated rings. The number of nitrogens with one attached hydrogen (secondary N) is 2. The van der Waals surface area contributed by atoms with Gasteiger partial charge in [-0.2, -0.15) is 0 Å². The van der Waals surface area contributed by atoms with Crippen LogP contribution in [0.1, 0.15) is 29.8 Å². The fourth-order valence-corrected chi connectivity index (χ4v) is 2.23. The van der Waals surface area contributed by atoms with E-state index in [-0.39, 0.29) is 17.3 Å². The molecule has 0 aliphatic heterocycles. The van der Waals surface area contributed by atoms with Crippen molar-refractivity contribution in [1.29, 1.82) is 0 Å². The number of benzene rings is 2. The molecule has 0 saturated carbocycles. The second-order valence-corrected chi connectivity index (χ2v) is 6.33. The molecule has 0 aliphatic carbocycles. The largest absolute Gasteiger partial charge is 0.351 e. The van der Waals surface area contributed by atoms with Gasteiger partial charge in [0.15, 0.2) is 0 Å². The van der Waals surface area contributed by atoms with Crippen LogP contribution < -0.4 is 10.6 Å². The van der Waals surface area contributed by atoms with Gasteiger partial charge in [-0.15, -0.1) is 0 Å². The van der Waals surface area contributed by atoms with Crippen LogP contribution in [0, 0.1) is 16.0 Å². The molecular formula is C20H21N3O4. The average molecular weight is 367 g/mol. The molecule has 0 aromatic heterocycles. The van der Waals surface area contributed by atoms with Crippen molar-refractivity contribution in [3.8, 4) is 0 Å². The Morgan fingerprint density at radius 1 is 1.11 bits per heavy atom. The van der Waals surface area contributed by atoms with E-state index in [1.165, 1.54) is 24.3 Å². The summed E-state index contributed by atoms with van der Waals surface area (Å²) in [6.07, 6.45) is 1.42. The Hall–Kier alpha value is -3.48. The van der Waals surface area contributed by atoms with Crippen LogP contribution in [0.3, 0.4) is 0 Å². The van der Waals surface area contributed by atoms with E-state index in [2.05, 4.69) is 10.6 Å². The smallest absolute Gasteiger partial charge is 0.270 e. The lowest BCUT2D eigenvalue weighted by molar-refractivity contribution is -0.384. The van der Waals surface area contributed by atoms with E-state index in [0.717, 1.165) is 0 Å². The number of hydrogen-bond acceptors (Lipinski definition) is 4. The summed E-state index contributed by atoms with van der Waals surface area (Å²) < 4.78 is 0. The van der Waals surface area contributed by atoms with E-state index in [4.69, 9.17) is 0 Å². The average Bonchev–Trinajstić information content (AvgIpc) is 2.66. The van der Waals surface area contributed by atoms with Crippen LogP contribution in [0.15, 0.2) is 60.3 Å². The van der Waals surface area contributed by atoms with Crippen molar-refractivity contribution in [3.05, 3.63) is 81.5 Å². The number of rotatable bonds is 7. The van der Waals surface area contributed by atoms with Gasteiger partial charge in [0, 0.05) is 24.2 Å². The van der Waals surface area contributed by atoms with Crippen LogP contribution in [-0.4, -0.2) is 23.3 Å². The van der Waals surface area contributed by atoms with Crippen molar-refractivity contribution in [2.45, 2.75) is 13.8 Å². The molecule has 0 heterocycles. The third kappa shape index (κ3) is 6.07. The third-order valence-corrected chi connectivity index (χ3v) is 3.59. The fraction of sp³-hybridized carbons (Fsp3) is 0.200. The lowest BCUT2D eigenvalue weighted by atomic mass is 10.1. The molecule has 0 aliphatic rings. The van der Waals surface area contributed by atoms with E-state index >= 15 is 0 Å². The van der Waals surface area contributed by atoms with Crippen LogP contribution in [0.25, 0.3) is 6.08 Å². The van der Waals surface area contributed by atoms with Crippen molar-refractivity contribution >= 4 is 23.6 Å². The van der Waals surface area contributed by atoms with Crippen LogP contribution >= 0.6 is 0 Å². The molecule has 2 aromatic carbocycles. The minimum atomic E-state index is -0.515. The summed E-state index contributed by atoms with van der Waals surface area (Å²) in [5.41, 5.74) is 0.761. The minimum absolute atomic E-state index is 0.0185. The summed E-state index contributed by atoms with van der Waals surface area (Å²) in [6, 6.07) is 14.3. The van der Waals surface area contributed by atoms with Crippen LogP contribution in [0.5, 0.6) is 0 Å². The second-order valence-electron chi connectivity index (χ2n) is 6.33. The predicted molar refractivity (Wildman–Crippen MR) is 103 cm³/mol. The number of hydrogen-bond donors (Lipinski definition) is 2. The topological polar surface area (TPSA) is 101 Å². The molecule has 2 aromatic rings. The van der Waals surface area contributed by atoms with Crippen molar-refractivity contribution in [1.82, 2.24) is 10.6 Å². The predicted octanol–water partition coefficient (Wildman–Crippen LogP) is 3.14. The van der Waals surface area contributed by atoms with Gasteiger partial charge in [0.05, 0.1) is 4.92 Å². The van der Waals surface area contributed by atoms with Gasteiger partial charge in [-0.3, -0.25) is 19.7 Å². The summed E-state index contributed by atoms with van der Waals surface area (Å²) in [4.78, 5) is 35.4. The first-order chi connectivity index (χ1) is 12.9. The van der Waals surface area contributed by atoms with Crippen LogP contribution in [0.2, 0.25) is 0 Å². The highest BCUT2D eigenvalue weighted by Gasteiger charge is 2.15. The maximum Gasteiger partial charge on any atom is 0.270 e. The Labute approximate surface area is 157 Å². The van der Waals surface area contributed by atoms with Crippen molar-refractivity contribution in [2.75, 3.05) is 6.54 Å². The van der Waals surface area contributed by atoms with E-state index in [1.54, 1.807) is 36.4 Å². The molecule has 2 N–H and O–H groups in total. The first-order valence-electron chi connectivity index (χ1n) is 8.47. The van der Waals surface area contributed by atoms with E-state index in [0.29, 0.717) is 17.7 Å². The molecule has 0 radical (unpaired) electrons. The molecule has 27 heavy (non-hydrogen) atoms. The number of amides is 2. The highest BCUT2D eigenvalue weighted by atomic mass is 16.6. The zero-order chi connectivity index (χ0) is 19.8. The quantitative estimate of drug-likeness (QED) is 0.446. The minimum Gasteiger partial charge on any atom is -0.351 e. The lowest BCUT2D eigenvalue weighted by Gasteiger charge is -2.12. The zero-order valence-electron chi connectivity index (χ0n) is 15.1.